The minimum absolute atomic E-state index is 0.0578. The lowest BCUT2D eigenvalue weighted by atomic mass is 10.0. The van der Waals surface area contributed by atoms with Gasteiger partial charge in [0.15, 0.2) is 0 Å². The molecule has 1 unspecified atom stereocenters. The summed E-state index contributed by atoms with van der Waals surface area (Å²) in [6, 6.07) is 0.0578. The molecule has 0 aliphatic rings. The minimum atomic E-state index is -0.381. The molecule has 0 aliphatic carbocycles. The molecule has 0 radical (unpaired) electrons. The summed E-state index contributed by atoms with van der Waals surface area (Å²) in [5.41, 5.74) is 1.05. The van der Waals surface area contributed by atoms with Gasteiger partial charge in [-0.3, -0.25) is 0 Å². The normalized spacial score (nSPS) is 11.9. The van der Waals surface area contributed by atoms with Crippen molar-refractivity contribution in [2.24, 2.45) is 0 Å². The summed E-state index contributed by atoms with van der Waals surface area (Å²) >= 11 is 0. The zero-order valence-corrected chi connectivity index (χ0v) is 8.72. The maximum Gasteiger partial charge on any atom is 0.407 e. The molecule has 1 atom stereocenters. The minimum Gasteiger partial charge on any atom is -0.453 e. The first-order chi connectivity index (χ1) is 6.15. The van der Waals surface area contributed by atoms with E-state index >= 15 is 0 Å². The monoisotopic (exact) mass is 185 g/mol. The van der Waals surface area contributed by atoms with Gasteiger partial charge in [0.1, 0.15) is 0 Å². The molecule has 0 aromatic rings. The smallest absolute Gasteiger partial charge is 0.407 e. The standard InChI is InChI=1S/C10H19NO2/c1-5-7-9(8(3)6-2)11-10(12)13-4/h9H,3,5-7H2,1-2,4H3,(H,11,12). The van der Waals surface area contributed by atoms with Gasteiger partial charge < -0.3 is 10.1 Å². The SMILES string of the molecule is C=C(CC)C(CCC)NC(=O)OC. The van der Waals surface area contributed by atoms with Gasteiger partial charge in [-0.15, -0.1) is 0 Å². The second-order valence-corrected chi connectivity index (χ2v) is 2.99. The first-order valence-corrected chi connectivity index (χ1v) is 4.67. The average Bonchev–Trinajstić information content (AvgIpc) is 2.15. The van der Waals surface area contributed by atoms with Crippen molar-refractivity contribution < 1.29 is 9.53 Å². The van der Waals surface area contributed by atoms with E-state index < -0.39 is 0 Å². The second-order valence-electron chi connectivity index (χ2n) is 2.99. The number of rotatable bonds is 5. The van der Waals surface area contributed by atoms with Crippen molar-refractivity contribution in [1.82, 2.24) is 5.32 Å². The summed E-state index contributed by atoms with van der Waals surface area (Å²) in [6.45, 7) is 8.02. The highest BCUT2D eigenvalue weighted by atomic mass is 16.5. The molecular weight excluding hydrogens is 166 g/mol. The van der Waals surface area contributed by atoms with Gasteiger partial charge in [-0.05, 0) is 12.8 Å². The van der Waals surface area contributed by atoms with Crippen LogP contribution in [-0.2, 0) is 4.74 Å². The van der Waals surface area contributed by atoms with Crippen LogP contribution in [0.1, 0.15) is 33.1 Å². The molecule has 76 valence electrons. The molecule has 0 heterocycles. The number of hydrogen-bond donors (Lipinski definition) is 1. The molecule has 1 amide bonds. The van der Waals surface area contributed by atoms with Crippen molar-refractivity contribution in [3.8, 4) is 0 Å². The lowest BCUT2D eigenvalue weighted by Crippen LogP contribution is -2.35. The highest BCUT2D eigenvalue weighted by molar-refractivity contribution is 5.67. The molecule has 3 heteroatoms. The largest absolute Gasteiger partial charge is 0.453 e. The van der Waals surface area contributed by atoms with Gasteiger partial charge in [0, 0.05) is 0 Å². The van der Waals surface area contributed by atoms with E-state index in [4.69, 9.17) is 0 Å². The van der Waals surface area contributed by atoms with E-state index in [2.05, 4.69) is 23.6 Å². The van der Waals surface area contributed by atoms with E-state index in [9.17, 15) is 4.79 Å². The van der Waals surface area contributed by atoms with E-state index in [1.165, 1.54) is 7.11 Å². The highest BCUT2D eigenvalue weighted by Crippen LogP contribution is 2.10. The summed E-state index contributed by atoms with van der Waals surface area (Å²) < 4.78 is 4.53. The Balaban J connectivity index is 4.08. The van der Waals surface area contributed by atoms with Gasteiger partial charge in [0.05, 0.1) is 13.2 Å². The zero-order chi connectivity index (χ0) is 10.3. The van der Waals surface area contributed by atoms with Crippen LogP contribution in [-0.4, -0.2) is 19.2 Å². The van der Waals surface area contributed by atoms with Crippen LogP contribution in [0.3, 0.4) is 0 Å². The van der Waals surface area contributed by atoms with Crippen molar-refractivity contribution in [2.45, 2.75) is 39.2 Å². The van der Waals surface area contributed by atoms with Crippen LogP contribution in [0.2, 0.25) is 0 Å². The van der Waals surface area contributed by atoms with Gasteiger partial charge in [-0.25, -0.2) is 4.79 Å². The van der Waals surface area contributed by atoms with E-state index in [-0.39, 0.29) is 12.1 Å². The van der Waals surface area contributed by atoms with Crippen molar-refractivity contribution in [3.63, 3.8) is 0 Å². The number of methoxy groups -OCH3 is 1. The Morgan fingerprint density at radius 1 is 1.54 bits per heavy atom. The maximum absolute atomic E-state index is 10.9. The number of carbonyl (C=O) groups excluding carboxylic acids is 1. The number of alkyl carbamates (subject to hydrolysis) is 1. The zero-order valence-electron chi connectivity index (χ0n) is 8.72. The summed E-state index contributed by atoms with van der Waals surface area (Å²) in [7, 11) is 1.37. The summed E-state index contributed by atoms with van der Waals surface area (Å²) in [4.78, 5) is 10.9. The Bertz CT molecular complexity index is 178. The number of amides is 1. The Kier molecular flexibility index (Phi) is 6.02. The number of nitrogens with one attached hydrogen (secondary N) is 1. The van der Waals surface area contributed by atoms with Gasteiger partial charge in [0.25, 0.3) is 0 Å². The third-order valence-electron chi connectivity index (χ3n) is 2.00. The molecule has 0 spiro atoms. The summed E-state index contributed by atoms with van der Waals surface area (Å²) in [5, 5.41) is 2.76. The first kappa shape index (κ1) is 12.0. The third kappa shape index (κ3) is 4.55. The molecule has 0 saturated carbocycles. The Hall–Kier alpha value is -0.990. The Morgan fingerprint density at radius 2 is 2.15 bits per heavy atom. The van der Waals surface area contributed by atoms with Crippen molar-refractivity contribution in [3.05, 3.63) is 12.2 Å². The topological polar surface area (TPSA) is 38.3 Å². The van der Waals surface area contributed by atoms with Crippen LogP contribution in [0.15, 0.2) is 12.2 Å². The molecule has 0 rings (SSSR count). The second kappa shape index (κ2) is 6.52. The summed E-state index contributed by atoms with van der Waals surface area (Å²) in [6.07, 6.45) is 2.44. The molecule has 0 aliphatic heterocycles. The molecule has 0 bridgehead atoms. The van der Waals surface area contributed by atoms with Crippen LogP contribution in [0.5, 0.6) is 0 Å². The van der Waals surface area contributed by atoms with Gasteiger partial charge in [-0.2, -0.15) is 0 Å². The number of hydrogen-bond acceptors (Lipinski definition) is 2. The van der Waals surface area contributed by atoms with Crippen molar-refractivity contribution >= 4 is 6.09 Å². The van der Waals surface area contributed by atoms with E-state index in [1.54, 1.807) is 0 Å². The predicted molar refractivity (Wildman–Crippen MR) is 53.7 cm³/mol. The molecule has 3 nitrogen and oxygen atoms in total. The average molecular weight is 185 g/mol. The Labute approximate surface area is 80.2 Å². The third-order valence-corrected chi connectivity index (χ3v) is 2.00. The predicted octanol–water partition coefficient (Wildman–Crippen LogP) is 2.48. The van der Waals surface area contributed by atoms with E-state index in [1.807, 2.05) is 6.92 Å². The van der Waals surface area contributed by atoms with Gasteiger partial charge in [0.2, 0.25) is 0 Å². The van der Waals surface area contributed by atoms with E-state index in [0.717, 1.165) is 24.8 Å². The Morgan fingerprint density at radius 3 is 2.54 bits per heavy atom. The van der Waals surface area contributed by atoms with Crippen molar-refractivity contribution in [1.29, 1.82) is 0 Å². The maximum atomic E-state index is 10.9. The lowest BCUT2D eigenvalue weighted by molar-refractivity contribution is 0.167. The first-order valence-electron chi connectivity index (χ1n) is 4.67. The van der Waals surface area contributed by atoms with Gasteiger partial charge >= 0.3 is 6.09 Å². The lowest BCUT2D eigenvalue weighted by Gasteiger charge is -2.18. The fraction of sp³-hybridized carbons (Fsp3) is 0.700. The molecule has 13 heavy (non-hydrogen) atoms. The molecule has 0 aromatic heterocycles. The summed E-state index contributed by atoms with van der Waals surface area (Å²) in [5.74, 6) is 0. The van der Waals surface area contributed by atoms with Crippen molar-refractivity contribution in [2.75, 3.05) is 7.11 Å². The van der Waals surface area contributed by atoms with Crippen LogP contribution >= 0.6 is 0 Å². The molecule has 0 aromatic carbocycles. The van der Waals surface area contributed by atoms with Crippen LogP contribution in [0.4, 0.5) is 4.79 Å². The van der Waals surface area contributed by atoms with Gasteiger partial charge in [-0.1, -0.05) is 32.4 Å². The fourth-order valence-electron chi connectivity index (χ4n) is 1.11. The highest BCUT2D eigenvalue weighted by Gasteiger charge is 2.13. The van der Waals surface area contributed by atoms with Crippen LogP contribution in [0, 0.1) is 0 Å². The van der Waals surface area contributed by atoms with E-state index in [0.29, 0.717) is 0 Å². The molecule has 0 saturated heterocycles. The molecule has 0 fully saturated rings. The van der Waals surface area contributed by atoms with Crippen LogP contribution < -0.4 is 5.32 Å². The quantitative estimate of drug-likeness (QED) is 0.668. The van der Waals surface area contributed by atoms with Crippen LogP contribution in [0.25, 0.3) is 0 Å². The number of ether oxygens (including phenoxy) is 1. The molecule has 1 N–H and O–H groups in total. The molecular formula is C10H19NO2. The number of carbonyl (C=O) groups is 1. The fourth-order valence-corrected chi connectivity index (χ4v) is 1.11.